The van der Waals surface area contributed by atoms with Gasteiger partial charge >= 0.3 is 0 Å². The van der Waals surface area contributed by atoms with Crippen LogP contribution in [0.4, 0.5) is 0 Å². The summed E-state index contributed by atoms with van der Waals surface area (Å²) in [6.45, 7) is 0. The number of hydrogen-bond acceptors (Lipinski definition) is 4. The minimum absolute atomic E-state index is 0.546. The zero-order valence-electron chi connectivity index (χ0n) is 31.2. The van der Waals surface area contributed by atoms with Crippen LogP contribution in [-0.4, -0.2) is 24.1 Å². The Labute approximate surface area is 334 Å². The number of para-hydroxylation sites is 3. The van der Waals surface area contributed by atoms with Crippen molar-refractivity contribution in [1.82, 2.24) is 24.1 Å². The van der Waals surface area contributed by atoms with Crippen LogP contribution in [0.25, 0.3) is 100 Å². The second-order valence-corrected chi connectivity index (χ2v) is 14.4. The van der Waals surface area contributed by atoms with Crippen molar-refractivity contribution >= 4 is 43.6 Å². The Kier molecular flexibility index (Phi) is 7.76. The molecule has 8 aromatic carbocycles. The Bertz CT molecular complexity index is 3370. The lowest BCUT2D eigenvalue weighted by molar-refractivity contribution is 0.953. The summed E-state index contributed by atoms with van der Waals surface area (Å²) in [5, 5.41) is 13.9. The van der Waals surface area contributed by atoms with Crippen molar-refractivity contribution in [3.8, 4) is 62.7 Å². The molecule has 0 saturated heterocycles. The molecule has 58 heavy (non-hydrogen) atoms. The predicted octanol–water partition coefficient (Wildman–Crippen LogP) is 12.6. The Morgan fingerprint density at radius 1 is 0.345 bits per heavy atom. The van der Waals surface area contributed by atoms with Gasteiger partial charge < -0.3 is 4.57 Å². The molecule has 0 saturated carbocycles. The lowest BCUT2D eigenvalue weighted by Crippen LogP contribution is -2.06. The molecule has 11 rings (SSSR count). The Morgan fingerprint density at radius 2 is 0.828 bits per heavy atom. The van der Waals surface area contributed by atoms with Gasteiger partial charge in [0.05, 0.1) is 33.7 Å². The van der Waals surface area contributed by atoms with Gasteiger partial charge in [-0.05, 0) is 76.9 Å². The van der Waals surface area contributed by atoms with E-state index in [1.54, 1.807) is 0 Å². The van der Waals surface area contributed by atoms with Crippen molar-refractivity contribution in [3.63, 3.8) is 0 Å². The van der Waals surface area contributed by atoms with Crippen molar-refractivity contribution in [2.24, 2.45) is 0 Å². The van der Waals surface area contributed by atoms with E-state index in [-0.39, 0.29) is 0 Å². The van der Waals surface area contributed by atoms with Crippen molar-refractivity contribution in [3.05, 3.63) is 200 Å². The van der Waals surface area contributed by atoms with Crippen LogP contribution in [0.1, 0.15) is 5.56 Å². The molecule has 0 aliphatic rings. The molecule has 0 aliphatic carbocycles. The van der Waals surface area contributed by atoms with Crippen LogP contribution in [0.15, 0.2) is 194 Å². The highest BCUT2D eigenvalue weighted by molar-refractivity contribution is 6.12. The van der Waals surface area contributed by atoms with Crippen LogP contribution in [0, 0.1) is 11.3 Å². The first-order valence-corrected chi connectivity index (χ1v) is 19.3. The van der Waals surface area contributed by atoms with E-state index in [1.807, 2.05) is 54.6 Å². The molecule has 11 aromatic rings. The minimum Gasteiger partial charge on any atom is -0.309 e. The highest BCUT2D eigenvalue weighted by Crippen LogP contribution is 2.38. The monoisotopic (exact) mass is 740 g/mol. The summed E-state index contributed by atoms with van der Waals surface area (Å²) in [4.78, 5) is 15.4. The molecule has 0 radical (unpaired) electrons. The summed E-state index contributed by atoms with van der Waals surface area (Å²) in [7, 11) is 0. The van der Waals surface area contributed by atoms with E-state index in [4.69, 9.17) is 15.0 Å². The molecule has 0 N–H and O–H groups in total. The molecular weight excluding hydrogens is 709 g/mol. The van der Waals surface area contributed by atoms with Gasteiger partial charge in [-0.1, -0.05) is 140 Å². The summed E-state index contributed by atoms with van der Waals surface area (Å²) in [6.07, 6.45) is 0. The fourth-order valence-electron chi connectivity index (χ4n) is 8.23. The van der Waals surface area contributed by atoms with E-state index in [0.29, 0.717) is 23.2 Å². The maximum absolute atomic E-state index is 9.27. The van der Waals surface area contributed by atoms with Crippen LogP contribution in [-0.2, 0) is 0 Å². The Balaban J connectivity index is 1.09. The summed E-state index contributed by atoms with van der Waals surface area (Å²) < 4.78 is 4.52. The normalized spacial score (nSPS) is 11.4. The van der Waals surface area contributed by atoms with Crippen molar-refractivity contribution in [1.29, 1.82) is 5.26 Å². The number of hydrogen-bond donors (Lipinski definition) is 0. The van der Waals surface area contributed by atoms with Gasteiger partial charge in [0.25, 0.3) is 0 Å². The van der Waals surface area contributed by atoms with Crippen LogP contribution < -0.4 is 0 Å². The third-order valence-corrected chi connectivity index (χ3v) is 11.0. The third kappa shape index (κ3) is 5.53. The summed E-state index contributed by atoms with van der Waals surface area (Å²) >= 11 is 0. The largest absolute Gasteiger partial charge is 0.309 e. The lowest BCUT2D eigenvalue weighted by Gasteiger charge is -2.12. The van der Waals surface area contributed by atoms with Crippen LogP contribution in [0.3, 0.4) is 0 Å². The van der Waals surface area contributed by atoms with Gasteiger partial charge in [0.1, 0.15) is 0 Å². The molecule has 0 unspecified atom stereocenters. The number of aromatic nitrogens is 5. The van der Waals surface area contributed by atoms with Crippen LogP contribution in [0.5, 0.6) is 0 Å². The van der Waals surface area contributed by atoms with E-state index in [2.05, 4.69) is 155 Å². The third-order valence-electron chi connectivity index (χ3n) is 11.0. The van der Waals surface area contributed by atoms with Gasteiger partial charge in [-0.3, -0.25) is 4.57 Å². The van der Waals surface area contributed by atoms with Gasteiger partial charge in [0, 0.05) is 38.4 Å². The number of nitriles is 1. The molecule has 0 amide bonds. The first kappa shape index (κ1) is 33.2. The summed E-state index contributed by atoms with van der Waals surface area (Å²) in [5.41, 5.74) is 12.3. The van der Waals surface area contributed by atoms with Gasteiger partial charge in [-0.2, -0.15) is 15.2 Å². The quantitative estimate of drug-likeness (QED) is 0.170. The van der Waals surface area contributed by atoms with Crippen molar-refractivity contribution in [2.45, 2.75) is 0 Å². The molecule has 6 heteroatoms. The zero-order chi connectivity index (χ0) is 38.6. The van der Waals surface area contributed by atoms with Crippen molar-refractivity contribution in [2.75, 3.05) is 0 Å². The topological polar surface area (TPSA) is 72.3 Å². The standard InChI is InChI=1S/C52H32N6/c53-33-34-19-21-35(22-20-34)36-23-25-38(26-24-36)51-54-50(37-11-3-1-4-12-37)55-52(56-51)58-47-18-10-7-15-42(47)44-29-27-40(32-49(44)58)39-28-30-48-45(31-39)43-16-8-9-17-46(43)57(48)41-13-5-2-6-14-41/h1-32H. The molecule has 3 aromatic heterocycles. The highest BCUT2D eigenvalue weighted by atomic mass is 15.2. The summed E-state index contributed by atoms with van der Waals surface area (Å²) in [6, 6.07) is 69.3. The van der Waals surface area contributed by atoms with Gasteiger partial charge in [0.2, 0.25) is 5.95 Å². The fourth-order valence-corrected chi connectivity index (χ4v) is 8.23. The number of fused-ring (bicyclic) bond motifs is 6. The maximum atomic E-state index is 9.27. The van der Waals surface area contributed by atoms with E-state index >= 15 is 0 Å². The van der Waals surface area contributed by atoms with E-state index in [0.717, 1.165) is 60.9 Å². The average Bonchev–Trinajstić information content (AvgIpc) is 3.82. The van der Waals surface area contributed by atoms with Crippen LogP contribution >= 0.6 is 0 Å². The predicted molar refractivity (Wildman–Crippen MR) is 235 cm³/mol. The molecule has 6 nitrogen and oxygen atoms in total. The minimum atomic E-state index is 0.546. The molecule has 0 fully saturated rings. The number of nitrogens with zero attached hydrogens (tertiary/aromatic N) is 6. The molecule has 270 valence electrons. The molecule has 3 heterocycles. The summed E-state index contributed by atoms with van der Waals surface area (Å²) in [5.74, 6) is 1.72. The molecular formula is C52H32N6. The van der Waals surface area contributed by atoms with Gasteiger partial charge in [-0.15, -0.1) is 0 Å². The number of benzene rings is 8. The first-order valence-electron chi connectivity index (χ1n) is 19.3. The second-order valence-electron chi connectivity index (χ2n) is 14.4. The average molecular weight is 741 g/mol. The van der Waals surface area contributed by atoms with E-state index < -0.39 is 0 Å². The fraction of sp³-hybridized carbons (Fsp3) is 0. The maximum Gasteiger partial charge on any atom is 0.238 e. The van der Waals surface area contributed by atoms with Crippen LogP contribution in [0.2, 0.25) is 0 Å². The zero-order valence-corrected chi connectivity index (χ0v) is 31.2. The van der Waals surface area contributed by atoms with Gasteiger partial charge in [0.15, 0.2) is 11.6 Å². The number of rotatable bonds is 6. The highest BCUT2D eigenvalue weighted by Gasteiger charge is 2.19. The van der Waals surface area contributed by atoms with Crippen molar-refractivity contribution < 1.29 is 0 Å². The second kappa shape index (κ2) is 13.6. The van der Waals surface area contributed by atoms with E-state index in [1.165, 1.54) is 21.8 Å². The smallest absolute Gasteiger partial charge is 0.238 e. The lowest BCUT2D eigenvalue weighted by atomic mass is 10.0. The Morgan fingerprint density at radius 3 is 1.52 bits per heavy atom. The molecule has 0 bridgehead atoms. The molecule has 0 spiro atoms. The first-order chi connectivity index (χ1) is 28.7. The van der Waals surface area contributed by atoms with E-state index in [9.17, 15) is 5.26 Å². The molecule has 0 aliphatic heterocycles. The molecule has 0 atom stereocenters. The SMILES string of the molecule is N#Cc1ccc(-c2ccc(-c3nc(-c4ccccc4)nc(-n4c5ccccc5c5ccc(-c6ccc7c(c6)c6ccccc6n7-c6ccccc6)cc54)n3)cc2)cc1. The Hall–Kier alpha value is -8.14. The van der Waals surface area contributed by atoms with Gasteiger partial charge in [-0.25, -0.2) is 4.98 Å².